The zero-order valence-corrected chi connectivity index (χ0v) is 23.4. The van der Waals surface area contributed by atoms with Crippen molar-refractivity contribution in [2.45, 2.75) is 87.4 Å². The van der Waals surface area contributed by atoms with E-state index in [9.17, 15) is 14.4 Å². The molecule has 4 atom stereocenters. The largest absolute Gasteiger partial charge is 0.367 e. The summed E-state index contributed by atoms with van der Waals surface area (Å²) >= 11 is 1.94. The first-order valence-corrected chi connectivity index (χ1v) is 14.7. The van der Waals surface area contributed by atoms with Crippen molar-refractivity contribution in [1.29, 1.82) is 0 Å². The van der Waals surface area contributed by atoms with Gasteiger partial charge in [-0.3, -0.25) is 14.4 Å². The van der Waals surface area contributed by atoms with Gasteiger partial charge in [0.25, 0.3) is 0 Å². The van der Waals surface area contributed by atoms with Gasteiger partial charge in [0, 0.05) is 48.2 Å². The maximum absolute atomic E-state index is 13.0. The van der Waals surface area contributed by atoms with E-state index in [1.807, 2.05) is 18.7 Å². The molecule has 3 amide bonds. The Hall–Kier alpha value is -3.37. The van der Waals surface area contributed by atoms with Crippen molar-refractivity contribution in [3.8, 4) is 0 Å². The maximum atomic E-state index is 13.0. The SMILES string of the molecule is C=C1NC2CC(CCCCC(=O)NC(Cc3ccc(N=[N+]=[N-])cc3)C(=O)NCCCCC(=O)NCC)SC2N1. The van der Waals surface area contributed by atoms with Crippen LogP contribution in [-0.4, -0.2) is 53.5 Å². The predicted molar refractivity (Wildman–Crippen MR) is 154 cm³/mol. The van der Waals surface area contributed by atoms with Crippen molar-refractivity contribution in [2.75, 3.05) is 13.1 Å². The molecule has 1 aromatic rings. The monoisotopic (exact) mass is 556 g/mol. The van der Waals surface area contributed by atoms with Crippen LogP contribution in [0.25, 0.3) is 10.4 Å². The van der Waals surface area contributed by atoms with Crippen LogP contribution in [0.1, 0.15) is 63.9 Å². The Morgan fingerprint density at radius 1 is 1.10 bits per heavy atom. The van der Waals surface area contributed by atoms with Gasteiger partial charge in [-0.2, -0.15) is 0 Å². The predicted octanol–water partition coefficient (Wildman–Crippen LogP) is 3.50. The van der Waals surface area contributed by atoms with Gasteiger partial charge in [0.2, 0.25) is 17.7 Å². The molecular weight excluding hydrogens is 516 g/mol. The van der Waals surface area contributed by atoms with Crippen LogP contribution in [0, 0.1) is 0 Å². The zero-order chi connectivity index (χ0) is 28.0. The number of rotatable bonds is 16. The molecule has 2 fully saturated rings. The van der Waals surface area contributed by atoms with Crippen LogP contribution >= 0.6 is 11.8 Å². The van der Waals surface area contributed by atoms with Crippen LogP contribution in [0.2, 0.25) is 0 Å². The molecule has 5 N–H and O–H groups in total. The minimum atomic E-state index is -0.721. The Bertz CT molecular complexity index is 1030. The second-order valence-corrected chi connectivity index (χ2v) is 11.4. The average Bonchev–Trinajstić information content (AvgIpc) is 3.44. The Balaban J connectivity index is 1.44. The number of thioether (sulfide) groups is 1. The average molecular weight is 557 g/mol. The smallest absolute Gasteiger partial charge is 0.242 e. The molecule has 2 aliphatic rings. The standard InChI is InChI=1S/C27H40N8O3S/c1-3-29-24(36)9-6-7-15-30-26(38)22(16-19-11-13-20(14-12-19)34-35-28)33-25(37)10-5-4-8-21-17-23-27(39-21)32-18(2)31-23/h11-14,21-23,27,31-32H,2-10,15-17H2,1H3,(H,29,36)(H,30,38)(H,33,37). The summed E-state index contributed by atoms with van der Waals surface area (Å²) in [5, 5.41) is 19.8. The van der Waals surface area contributed by atoms with E-state index in [4.69, 9.17) is 5.53 Å². The molecule has 3 rings (SSSR count). The number of nitrogens with one attached hydrogen (secondary N) is 5. The molecular formula is C27H40N8O3S. The van der Waals surface area contributed by atoms with Gasteiger partial charge in [-0.25, -0.2) is 0 Å². The molecule has 0 aliphatic carbocycles. The molecule has 1 aromatic carbocycles. The van der Waals surface area contributed by atoms with Gasteiger partial charge in [-0.15, -0.1) is 11.8 Å². The summed E-state index contributed by atoms with van der Waals surface area (Å²) in [6, 6.07) is 6.66. The van der Waals surface area contributed by atoms with E-state index in [0.29, 0.717) is 67.5 Å². The first-order chi connectivity index (χ1) is 18.9. The summed E-state index contributed by atoms with van der Waals surface area (Å²) in [4.78, 5) is 40.1. The lowest BCUT2D eigenvalue weighted by molar-refractivity contribution is -0.129. The fourth-order valence-electron chi connectivity index (χ4n) is 4.81. The minimum Gasteiger partial charge on any atom is -0.367 e. The molecule has 0 saturated carbocycles. The normalized spacial score (nSPS) is 20.1. The van der Waals surface area contributed by atoms with Gasteiger partial charge >= 0.3 is 0 Å². The number of carbonyl (C=O) groups is 3. The van der Waals surface area contributed by atoms with Crippen molar-refractivity contribution in [3.63, 3.8) is 0 Å². The number of amides is 3. The molecule has 212 valence electrons. The highest BCUT2D eigenvalue weighted by Gasteiger charge is 2.38. The third kappa shape index (κ3) is 10.4. The summed E-state index contributed by atoms with van der Waals surface area (Å²) in [6.45, 7) is 6.84. The summed E-state index contributed by atoms with van der Waals surface area (Å²) in [5.74, 6) is 0.507. The second kappa shape index (κ2) is 15.9. The summed E-state index contributed by atoms with van der Waals surface area (Å²) in [6.07, 6.45) is 6.32. The lowest BCUT2D eigenvalue weighted by Gasteiger charge is -2.19. The first kappa shape index (κ1) is 30.2. The highest BCUT2D eigenvalue weighted by Crippen LogP contribution is 2.38. The van der Waals surface area contributed by atoms with E-state index in [1.54, 1.807) is 24.3 Å². The number of hydrogen-bond donors (Lipinski definition) is 5. The second-order valence-electron chi connectivity index (χ2n) is 9.92. The highest BCUT2D eigenvalue weighted by atomic mass is 32.2. The summed E-state index contributed by atoms with van der Waals surface area (Å²) in [7, 11) is 0. The van der Waals surface area contributed by atoms with Crippen LogP contribution < -0.4 is 26.6 Å². The Morgan fingerprint density at radius 3 is 2.56 bits per heavy atom. The van der Waals surface area contributed by atoms with Crippen molar-refractivity contribution in [2.24, 2.45) is 5.11 Å². The van der Waals surface area contributed by atoms with Crippen molar-refractivity contribution in [1.82, 2.24) is 26.6 Å². The molecule has 2 saturated heterocycles. The van der Waals surface area contributed by atoms with E-state index in [0.717, 1.165) is 37.1 Å². The number of unbranched alkanes of at least 4 members (excludes halogenated alkanes) is 2. The molecule has 11 nitrogen and oxygen atoms in total. The van der Waals surface area contributed by atoms with Gasteiger partial charge < -0.3 is 26.6 Å². The van der Waals surface area contributed by atoms with Gasteiger partial charge in [0.05, 0.1) is 17.2 Å². The van der Waals surface area contributed by atoms with E-state index in [1.165, 1.54) is 0 Å². The molecule has 0 spiro atoms. The Morgan fingerprint density at radius 2 is 1.85 bits per heavy atom. The third-order valence-electron chi connectivity index (χ3n) is 6.77. The first-order valence-electron chi connectivity index (χ1n) is 13.7. The van der Waals surface area contributed by atoms with E-state index < -0.39 is 6.04 Å². The fourth-order valence-corrected chi connectivity index (χ4v) is 6.42. The molecule has 12 heteroatoms. The van der Waals surface area contributed by atoms with Gasteiger partial charge in [0.1, 0.15) is 6.04 Å². The van der Waals surface area contributed by atoms with Crippen LogP contribution in [0.5, 0.6) is 0 Å². The number of hydrogen-bond acceptors (Lipinski definition) is 7. The van der Waals surface area contributed by atoms with E-state index in [2.05, 4.69) is 43.2 Å². The molecule has 2 aliphatic heterocycles. The maximum Gasteiger partial charge on any atom is 0.242 e. The minimum absolute atomic E-state index is 0.00626. The lowest BCUT2D eigenvalue weighted by Crippen LogP contribution is -2.48. The Kier molecular flexibility index (Phi) is 12.3. The van der Waals surface area contributed by atoms with Gasteiger partial charge in [-0.1, -0.05) is 42.4 Å². The fraction of sp³-hybridized carbons (Fsp3) is 0.593. The van der Waals surface area contributed by atoms with Crippen LogP contribution in [0.15, 0.2) is 41.8 Å². The van der Waals surface area contributed by atoms with Gasteiger partial charge in [0.15, 0.2) is 0 Å². The zero-order valence-electron chi connectivity index (χ0n) is 22.6. The molecule has 39 heavy (non-hydrogen) atoms. The molecule has 0 radical (unpaired) electrons. The highest BCUT2D eigenvalue weighted by molar-refractivity contribution is 8.00. The van der Waals surface area contributed by atoms with E-state index in [-0.39, 0.29) is 17.7 Å². The molecule has 4 unspecified atom stereocenters. The van der Waals surface area contributed by atoms with Crippen LogP contribution in [0.3, 0.4) is 0 Å². The molecule has 0 aromatic heterocycles. The number of nitrogens with zero attached hydrogens (tertiary/aromatic N) is 3. The number of azide groups is 1. The topological polar surface area (TPSA) is 160 Å². The summed E-state index contributed by atoms with van der Waals surface area (Å²) < 4.78 is 0. The van der Waals surface area contributed by atoms with Gasteiger partial charge in [-0.05, 0) is 50.1 Å². The number of benzene rings is 1. The number of fused-ring (bicyclic) bond motifs is 1. The summed E-state index contributed by atoms with van der Waals surface area (Å²) in [5.41, 5.74) is 9.94. The van der Waals surface area contributed by atoms with Crippen molar-refractivity contribution >= 4 is 35.2 Å². The lowest BCUT2D eigenvalue weighted by atomic mass is 10.0. The van der Waals surface area contributed by atoms with E-state index >= 15 is 0 Å². The van der Waals surface area contributed by atoms with Crippen LogP contribution in [-0.2, 0) is 20.8 Å². The third-order valence-corrected chi connectivity index (χ3v) is 8.32. The van der Waals surface area contributed by atoms with Crippen molar-refractivity contribution < 1.29 is 14.4 Å². The number of carbonyl (C=O) groups excluding carboxylic acids is 3. The Labute approximate surface area is 234 Å². The quantitative estimate of drug-likeness (QED) is 0.0906. The molecule has 2 heterocycles. The van der Waals surface area contributed by atoms with Crippen LogP contribution in [0.4, 0.5) is 5.69 Å². The van der Waals surface area contributed by atoms with Crippen molar-refractivity contribution in [3.05, 3.63) is 52.7 Å². The molecule has 0 bridgehead atoms.